The Morgan fingerprint density at radius 1 is 1.17 bits per heavy atom. The van der Waals surface area contributed by atoms with Gasteiger partial charge in [0, 0.05) is 29.6 Å². The monoisotopic (exact) mass is 338 g/mol. The molecular formula is C17H16BClN4O. The summed E-state index contributed by atoms with van der Waals surface area (Å²) in [5, 5.41) is 4.94. The molecule has 0 aliphatic carbocycles. The molecule has 5 nitrogen and oxygen atoms in total. The van der Waals surface area contributed by atoms with E-state index < -0.39 is 0 Å². The molecular weight excluding hydrogens is 322 g/mol. The van der Waals surface area contributed by atoms with E-state index in [-0.39, 0.29) is 6.98 Å². The molecule has 0 spiro atoms. The number of fused-ring (bicyclic) bond motifs is 3. The van der Waals surface area contributed by atoms with Crippen LogP contribution in [0.25, 0.3) is 11.3 Å². The van der Waals surface area contributed by atoms with Crippen LogP contribution >= 0.6 is 11.6 Å². The van der Waals surface area contributed by atoms with Gasteiger partial charge < -0.3 is 9.55 Å². The Balaban J connectivity index is 1.98. The van der Waals surface area contributed by atoms with Crippen LogP contribution < -0.4 is 9.55 Å². The van der Waals surface area contributed by atoms with Gasteiger partial charge in [-0.05, 0) is 43.6 Å². The summed E-state index contributed by atoms with van der Waals surface area (Å²) in [6.07, 6.45) is 1.82. The van der Waals surface area contributed by atoms with Crippen molar-refractivity contribution in [3.63, 3.8) is 0 Å². The number of ether oxygens (including phenoxy) is 1. The summed E-state index contributed by atoms with van der Waals surface area (Å²) >= 11 is 6.17. The van der Waals surface area contributed by atoms with Crippen molar-refractivity contribution in [2.24, 2.45) is 0 Å². The lowest BCUT2D eigenvalue weighted by Gasteiger charge is -2.35. The minimum absolute atomic E-state index is 0.0543. The fourth-order valence-electron chi connectivity index (χ4n) is 3.18. The van der Waals surface area contributed by atoms with Crippen molar-refractivity contribution in [2.75, 3.05) is 11.9 Å². The molecule has 0 atom stereocenters. The Bertz CT molecular complexity index is 927. The van der Waals surface area contributed by atoms with E-state index in [1.165, 1.54) is 0 Å². The normalized spacial score (nSPS) is 12.8. The molecule has 0 saturated carbocycles. The zero-order valence-electron chi connectivity index (χ0n) is 13.7. The zero-order chi connectivity index (χ0) is 16.8. The van der Waals surface area contributed by atoms with E-state index in [0.717, 1.165) is 34.1 Å². The SMILES string of the molecule is COc1ccc2c(c1)N(c1cc(C)ccn1)B(C)n1nc(Cl)cc1-2. The molecule has 1 aromatic carbocycles. The molecule has 1 aliphatic heterocycles. The van der Waals surface area contributed by atoms with E-state index >= 15 is 0 Å². The summed E-state index contributed by atoms with van der Waals surface area (Å²) in [4.78, 5) is 6.71. The molecule has 0 amide bonds. The molecule has 0 saturated heterocycles. The van der Waals surface area contributed by atoms with Crippen molar-refractivity contribution in [1.82, 2.24) is 14.7 Å². The van der Waals surface area contributed by atoms with Crippen LogP contribution in [0.3, 0.4) is 0 Å². The maximum atomic E-state index is 6.17. The standard InChI is InChI=1S/C17H16BClN4O/c1-11-6-7-20-17(8-11)22-14-9-12(24-3)4-5-13(14)15-10-16(19)21-23(15)18(22)2/h4-10H,1-3H3. The molecule has 0 N–H and O–H groups in total. The second-order valence-corrected chi connectivity index (χ2v) is 6.26. The van der Waals surface area contributed by atoms with Gasteiger partial charge >= 0.3 is 6.98 Å². The molecule has 120 valence electrons. The molecule has 2 aromatic heterocycles. The number of aromatic nitrogens is 3. The van der Waals surface area contributed by atoms with Gasteiger partial charge in [0.2, 0.25) is 0 Å². The van der Waals surface area contributed by atoms with Crippen LogP contribution in [0.5, 0.6) is 5.75 Å². The third kappa shape index (κ3) is 2.26. The maximum absolute atomic E-state index is 6.17. The van der Waals surface area contributed by atoms with Gasteiger partial charge in [-0.1, -0.05) is 11.6 Å². The predicted octanol–water partition coefficient (Wildman–Crippen LogP) is 4.03. The summed E-state index contributed by atoms with van der Waals surface area (Å²) in [6, 6.07) is 12.0. The van der Waals surface area contributed by atoms with Gasteiger partial charge in [0.1, 0.15) is 16.7 Å². The number of pyridine rings is 1. The Kier molecular flexibility index (Phi) is 3.50. The Morgan fingerprint density at radius 3 is 2.75 bits per heavy atom. The van der Waals surface area contributed by atoms with Crippen molar-refractivity contribution < 1.29 is 4.74 Å². The topological polar surface area (TPSA) is 43.2 Å². The smallest absolute Gasteiger partial charge is 0.401 e. The molecule has 1 aliphatic rings. The van der Waals surface area contributed by atoms with Gasteiger partial charge in [0.25, 0.3) is 0 Å². The number of hydrogen-bond donors (Lipinski definition) is 0. The summed E-state index contributed by atoms with van der Waals surface area (Å²) in [7, 11) is 1.67. The molecule has 3 aromatic rings. The highest BCUT2D eigenvalue weighted by atomic mass is 35.5. The molecule has 0 bridgehead atoms. The second kappa shape index (κ2) is 5.56. The first-order valence-electron chi connectivity index (χ1n) is 7.74. The maximum Gasteiger partial charge on any atom is 0.401 e. The molecule has 24 heavy (non-hydrogen) atoms. The van der Waals surface area contributed by atoms with Crippen LogP contribution in [0.15, 0.2) is 42.6 Å². The average Bonchev–Trinajstić information content (AvgIpc) is 2.97. The van der Waals surface area contributed by atoms with E-state index in [9.17, 15) is 0 Å². The van der Waals surface area contributed by atoms with Crippen molar-refractivity contribution in [2.45, 2.75) is 13.7 Å². The van der Waals surface area contributed by atoms with Gasteiger partial charge in [-0.2, -0.15) is 5.10 Å². The lowest BCUT2D eigenvalue weighted by Crippen LogP contribution is -2.44. The number of halogens is 1. The molecule has 0 fully saturated rings. The minimum Gasteiger partial charge on any atom is -0.497 e. The van der Waals surface area contributed by atoms with E-state index in [4.69, 9.17) is 16.3 Å². The van der Waals surface area contributed by atoms with Gasteiger partial charge in [-0.3, -0.25) is 4.59 Å². The summed E-state index contributed by atoms with van der Waals surface area (Å²) in [5.74, 6) is 1.67. The van der Waals surface area contributed by atoms with Crippen molar-refractivity contribution >= 4 is 30.1 Å². The minimum atomic E-state index is -0.0543. The van der Waals surface area contributed by atoms with Gasteiger partial charge in [-0.15, -0.1) is 0 Å². The van der Waals surface area contributed by atoms with Crippen LogP contribution in [0, 0.1) is 6.92 Å². The van der Waals surface area contributed by atoms with Crippen LogP contribution in [0.2, 0.25) is 12.0 Å². The van der Waals surface area contributed by atoms with Gasteiger partial charge in [0.15, 0.2) is 0 Å². The molecule has 4 rings (SSSR count). The summed E-state index contributed by atoms with van der Waals surface area (Å²) in [6.45, 7) is 4.09. The third-order valence-electron chi connectivity index (χ3n) is 4.32. The lowest BCUT2D eigenvalue weighted by atomic mass is 9.73. The first kappa shape index (κ1) is 15.1. The lowest BCUT2D eigenvalue weighted by molar-refractivity contribution is 0.415. The first-order chi connectivity index (χ1) is 11.6. The number of methoxy groups -OCH3 is 1. The highest BCUT2D eigenvalue weighted by molar-refractivity contribution is 6.63. The third-order valence-corrected chi connectivity index (χ3v) is 4.51. The predicted molar refractivity (Wildman–Crippen MR) is 97.4 cm³/mol. The zero-order valence-corrected chi connectivity index (χ0v) is 14.4. The van der Waals surface area contributed by atoms with Gasteiger partial charge in [-0.25, -0.2) is 4.98 Å². The molecule has 0 radical (unpaired) electrons. The molecule has 7 heteroatoms. The van der Waals surface area contributed by atoms with Crippen molar-refractivity contribution in [1.29, 1.82) is 0 Å². The Morgan fingerprint density at radius 2 is 2.00 bits per heavy atom. The van der Waals surface area contributed by atoms with Crippen molar-refractivity contribution in [3.05, 3.63) is 53.3 Å². The van der Waals surface area contributed by atoms with E-state index in [1.807, 2.05) is 41.1 Å². The largest absolute Gasteiger partial charge is 0.497 e. The fraction of sp³-hybridized carbons (Fsp3) is 0.176. The van der Waals surface area contributed by atoms with Crippen LogP contribution in [0.4, 0.5) is 11.5 Å². The van der Waals surface area contributed by atoms with E-state index in [0.29, 0.717) is 5.15 Å². The number of aryl methyl sites for hydroxylation is 1. The highest BCUT2D eigenvalue weighted by Gasteiger charge is 2.35. The number of hydrogen-bond acceptors (Lipinski definition) is 4. The van der Waals surface area contributed by atoms with E-state index in [1.54, 1.807) is 7.11 Å². The number of anilines is 2. The van der Waals surface area contributed by atoms with Crippen LogP contribution in [0.1, 0.15) is 5.56 Å². The van der Waals surface area contributed by atoms with Crippen LogP contribution in [-0.4, -0.2) is 28.8 Å². The van der Waals surface area contributed by atoms with Crippen LogP contribution in [-0.2, 0) is 0 Å². The molecule has 0 unspecified atom stereocenters. The fourth-order valence-corrected chi connectivity index (χ4v) is 3.37. The number of benzene rings is 1. The summed E-state index contributed by atoms with van der Waals surface area (Å²) < 4.78 is 7.35. The number of nitrogens with zero attached hydrogens (tertiary/aromatic N) is 4. The number of rotatable bonds is 2. The molecule has 3 heterocycles. The van der Waals surface area contributed by atoms with Crippen molar-refractivity contribution in [3.8, 4) is 17.0 Å². The second-order valence-electron chi connectivity index (χ2n) is 5.87. The Hall–Kier alpha value is -2.47. The Labute approximate surface area is 146 Å². The average molecular weight is 339 g/mol. The first-order valence-corrected chi connectivity index (χ1v) is 8.11. The highest BCUT2D eigenvalue weighted by Crippen LogP contribution is 2.42. The van der Waals surface area contributed by atoms with E-state index in [2.05, 4.69) is 34.7 Å². The van der Waals surface area contributed by atoms with Gasteiger partial charge in [0.05, 0.1) is 12.8 Å². The quantitative estimate of drug-likeness (QED) is 0.662. The summed E-state index contributed by atoms with van der Waals surface area (Å²) in [5.41, 5.74) is 4.23.